The fourth-order valence-corrected chi connectivity index (χ4v) is 3.28. The highest BCUT2D eigenvalue weighted by Gasteiger charge is 2.35. The van der Waals surface area contributed by atoms with Gasteiger partial charge in [-0.1, -0.05) is 19.0 Å². The van der Waals surface area contributed by atoms with E-state index in [2.05, 4.69) is 15.4 Å². The lowest BCUT2D eigenvalue weighted by Crippen LogP contribution is -2.57. The van der Waals surface area contributed by atoms with Crippen molar-refractivity contribution < 1.29 is 14.1 Å². The average molecular weight is 367 g/mol. The molecule has 2 aromatic heterocycles. The molecule has 1 fully saturated rings. The second-order valence-corrected chi connectivity index (χ2v) is 7.20. The van der Waals surface area contributed by atoms with Crippen LogP contribution in [0.4, 0.5) is 5.69 Å². The first-order valence-electron chi connectivity index (χ1n) is 8.95. The summed E-state index contributed by atoms with van der Waals surface area (Å²) in [5.74, 6) is 0.388. The summed E-state index contributed by atoms with van der Waals surface area (Å²) in [4.78, 5) is 28.8. The molecule has 3 aromatic rings. The minimum atomic E-state index is -0.282. The molecule has 1 aliphatic heterocycles. The van der Waals surface area contributed by atoms with Gasteiger partial charge in [-0.25, -0.2) is 0 Å². The third kappa shape index (κ3) is 3.07. The topological polar surface area (TPSA) is 95.3 Å². The second kappa shape index (κ2) is 6.53. The van der Waals surface area contributed by atoms with Crippen LogP contribution in [0.15, 0.2) is 35.0 Å². The van der Waals surface area contributed by atoms with Gasteiger partial charge in [-0.05, 0) is 25.1 Å². The maximum atomic E-state index is 12.8. The zero-order valence-corrected chi connectivity index (χ0v) is 15.5. The molecule has 0 aliphatic carbocycles. The lowest BCUT2D eigenvalue weighted by molar-refractivity contribution is -0.121. The van der Waals surface area contributed by atoms with Crippen LogP contribution in [0.3, 0.4) is 0 Å². The molecular formula is C19H21N5O3. The van der Waals surface area contributed by atoms with Crippen LogP contribution in [0.25, 0.3) is 10.9 Å². The number of aromatic amines is 1. The van der Waals surface area contributed by atoms with Gasteiger partial charge in [0.15, 0.2) is 5.69 Å². The standard InChI is InChI=1S/C19H21N5O3/c1-11(2)17-7-16(22-27-17)19(26)23-10-18(25)24(9-12(23)3)14-5-4-13-8-20-21-15(13)6-14/h4-8,11-12H,9-10H2,1-3H3,(H,20,21). The number of nitrogens with one attached hydrogen (secondary N) is 1. The minimum absolute atomic E-state index is 0.00485. The molecule has 1 atom stereocenters. The Morgan fingerprint density at radius 3 is 2.89 bits per heavy atom. The zero-order valence-electron chi connectivity index (χ0n) is 15.5. The molecule has 0 radical (unpaired) electrons. The Kier molecular flexibility index (Phi) is 4.18. The van der Waals surface area contributed by atoms with Gasteiger partial charge in [-0.2, -0.15) is 5.10 Å². The number of amides is 2. The summed E-state index contributed by atoms with van der Waals surface area (Å²) in [7, 11) is 0. The van der Waals surface area contributed by atoms with E-state index in [4.69, 9.17) is 4.52 Å². The largest absolute Gasteiger partial charge is 0.360 e. The van der Waals surface area contributed by atoms with Crippen LogP contribution in [-0.2, 0) is 4.79 Å². The molecule has 2 amide bonds. The summed E-state index contributed by atoms with van der Waals surface area (Å²) in [6, 6.07) is 7.23. The first-order valence-corrected chi connectivity index (χ1v) is 8.95. The summed E-state index contributed by atoms with van der Waals surface area (Å²) < 4.78 is 5.22. The molecule has 8 nitrogen and oxygen atoms in total. The summed E-state index contributed by atoms with van der Waals surface area (Å²) in [5, 5.41) is 11.8. The van der Waals surface area contributed by atoms with E-state index < -0.39 is 0 Å². The highest BCUT2D eigenvalue weighted by molar-refractivity contribution is 6.02. The van der Waals surface area contributed by atoms with E-state index in [-0.39, 0.29) is 36.0 Å². The van der Waals surface area contributed by atoms with Crippen molar-refractivity contribution in [2.45, 2.75) is 32.7 Å². The smallest absolute Gasteiger partial charge is 0.276 e. The maximum absolute atomic E-state index is 12.8. The van der Waals surface area contributed by atoms with Crippen LogP contribution in [0, 0.1) is 0 Å². The van der Waals surface area contributed by atoms with Crippen molar-refractivity contribution in [2.75, 3.05) is 18.0 Å². The predicted octanol–water partition coefficient (Wildman–Crippen LogP) is 2.55. The predicted molar refractivity (Wildman–Crippen MR) is 99.5 cm³/mol. The van der Waals surface area contributed by atoms with Gasteiger partial charge in [0.1, 0.15) is 12.3 Å². The molecule has 4 rings (SSSR count). The minimum Gasteiger partial charge on any atom is -0.360 e. The number of hydrogen-bond acceptors (Lipinski definition) is 5. The molecule has 1 unspecified atom stereocenters. The summed E-state index contributed by atoms with van der Waals surface area (Å²) >= 11 is 0. The number of piperazine rings is 1. The van der Waals surface area contributed by atoms with Crippen LogP contribution in [0.2, 0.25) is 0 Å². The summed E-state index contributed by atoms with van der Waals surface area (Å²) in [6.07, 6.45) is 1.74. The van der Waals surface area contributed by atoms with E-state index in [1.54, 1.807) is 22.1 Å². The van der Waals surface area contributed by atoms with Gasteiger partial charge in [0, 0.05) is 35.6 Å². The first kappa shape index (κ1) is 17.3. The van der Waals surface area contributed by atoms with Crippen molar-refractivity contribution in [2.24, 2.45) is 0 Å². The van der Waals surface area contributed by atoms with Crippen LogP contribution in [0.5, 0.6) is 0 Å². The van der Waals surface area contributed by atoms with Crippen molar-refractivity contribution in [3.05, 3.63) is 41.9 Å². The Hall–Kier alpha value is -3.16. The Balaban J connectivity index is 1.54. The molecule has 27 heavy (non-hydrogen) atoms. The molecule has 140 valence electrons. The van der Waals surface area contributed by atoms with Gasteiger partial charge in [0.2, 0.25) is 5.91 Å². The van der Waals surface area contributed by atoms with Gasteiger partial charge >= 0.3 is 0 Å². The number of aromatic nitrogens is 3. The number of nitrogens with zero attached hydrogens (tertiary/aromatic N) is 4. The van der Waals surface area contributed by atoms with Gasteiger partial charge in [0.05, 0.1) is 11.7 Å². The Morgan fingerprint density at radius 2 is 2.15 bits per heavy atom. The molecule has 3 heterocycles. The zero-order chi connectivity index (χ0) is 19.1. The molecule has 0 spiro atoms. The fraction of sp³-hybridized carbons (Fsp3) is 0.368. The van der Waals surface area contributed by atoms with Gasteiger partial charge in [-0.15, -0.1) is 0 Å². The number of anilines is 1. The molecule has 0 bridgehead atoms. The van der Waals surface area contributed by atoms with E-state index in [9.17, 15) is 9.59 Å². The lowest BCUT2D eigenvalue weighted by Gasteiger charge is -2.39. The summed E-state index contributed by atoms with van der Waals surface area (Å²) in [5.41, 5.74) is 1.90. The molecule has 1 saturated heterocycles. The van der Waals surface area contributed by atoms with Crippen molar-refractivity contribution in [3.8, 4) is 0 Å². The quantitative estimate of drug-likeness (QED) is 0.767. The third-order valence-corrected chi connectivity index (χ3v) is 4.90. The molecule has 1 N–H and O–H groups in total. The highest BCUT2D eigenvalue weighted by atomic mass is 16.5. The van der Waals surface area contributed by atoms with Gasteiger partial charge in [-0.3, -0.25) is 14.7 Å². The Morgan fingerprint density at radius 1 is 1.33 bits per heavy atom. The SMILES string of the molecule is CC(C)c1cc(C(=O)N2CC(=O)N(c3ccc4cn[nH]c4c3)CC2C)no1. The van der Waals surface area contributed by atoms with E-state index in [0.29, 0.717) is 12.3 Å². The number of fused-ring (bicyclic) bond motifs is 1. The second-order valence-electron chi connectivity index (χ2n) is 7.20. The third-order valence-electron chi connectivity index (χ3n) is 4.90. The van der Waals surface area contributed by atoms with E-state index >= 15 is 0 Å². The summed E-state index contributed by atoms with van der Waals surface area (Å²) in [6.45, 7) is 6.28. The van der Waals surface area contributed by atoms with Gasteiger partial charge in [0.25, 0.3) is 5.91 Å². The number of benzene rings is 1. The van der Waals surface area contributed by atoms with Crippen LogP contribution in [0.1, 0.15) is 42.9 Å². The number of hydrogen-bond donors (Lipinski definition) is 1. The lowest BCUT2D eigenvalue weighted by atomic mass is 10.1. The molecule has 1 aliphatic rings. The molecule has 1 aromatic carbocycles. The molecule has 0 saturated carbocycles. The van der Waals surface area contributed by atoms with Crippen LogP contribution in [-0.4, -0.2) is 51.2 Å². The van der Waals surface area contributed by atoms with Crippen molar-refractivity contribution in [1.82, 2.24) is 20.3 Å². The maximum Gasteiger partial charge on any atom is 0.276 e. The first-order chi connectivity index (χ1) is 12.9. The average Bonchev–Trinajstić information content (AvgIpc) is 3.31. The highest BCUT2D eigenvalue weighted by Crippen LogP contribution is 2.25. The number of carbonyl (C=O) groups is 2. The Bertz CT molecular complexity index is 1010. The number of carbonyl (C=O) groups excluding carboxylic acids is 2. The normalized spacial score (nSPS) is 17.9. The Labute approximate surface area is 156 Å². The molecule has 8 heteroatoms. The molecular weight excluding hydrogens is 346 g/mol. The van der Waals surface area contributed by atoms with Crippen LogP contribution < -0.4 is 4.90 Å². The van der Waals surface area contributed by atoms with E-state index in [0.717, 1.165) is 16.6 Å². The number of H-pyrrole nitrogens is 1. The monoisotopic (exact) mass is 367 g/mol. The number of rotatable bonds is 3. The fourth-order valence-electron chi connectivity index (χ4n) is 3.28. The van der Waals surface area contributed by atoms with E-state index in [1.165, 1.54) is 0 Å². The van der Waals surface area contributed by atoms with Crippen molar-refractivity contribution >= 4 is 28.4 Å². The van der Waals surface area contributed by atoms with Crippen molar-refractivity contribution in [1.29, 1.82) is 0 Å². The van der Waals surface area contributed by atoms with Crippen molar-refractivity contribution in [3.63, 3.8) is 0 Å². The van der Waals surface area contributed by atoms with Gasteiger partial charge < -0.3 is 14.3 Å². The van der Waals surface area contributed by atoms with Crippen LogP contribution >= 0.6 is 0 Å². The van der Waals surface area contributed by atoms with E-state index in [1.807, 2.05) is 39.0 Å².